The largest absolute Gasteiger partial charge is 0.461 e. The number of hydrogen-bond donors (Lipinski definition) is 0. The molecule has 25 heavy (non-hydrogen) atoms. The predicted molar refractivity (Wildman–Crippen MR) is 98.1 cm³/mol. The molecule has 0 aromatic carbocycles. The fourth-order valence-electron chi connectivity index (χ4n) is 4.05. The number of ether oxygens (including phenoxy) is 1. The number of aryl methyl sites for hydroxylation is 1. The van der Waals surface area contributed by atoms with E-state index < -0.39 is 0 Å². The summed E-state index contributed by atoms with van der Waals surface area (Å²) in [5.41, 5.74) is 1.78. The molecule has 1 aliphatic carbocycles. The second-order valence-corrected chi connectivity index (χ2v) is 7.69. The molecule has 1 saturated carbocycles. The molecule has 1 aliphatic rings. The van der Waals surface area contributed by atoms with E-state index in [1.54, 1.807) is 12.4 Å². The second-order valence-electron chi connectivity index (χ2n) is 7.69. The lowest BCUT2D eigenvalue weighted by Crippen LogP contribution is -2.36. The molecule has 1 fully saturated rings. The van der Waals surface area contributed by atoms with E-state index in [4.69, 9.17) is 4.74 Å². The van der Waals surface area contributed by atoms with Gasteiger partial charge in [-0.1, -0.05) is 34.1 Å². The number of carbonyl (C=O) groups is 1. The van der Waals surface area contributed by atoms with Crippen LogP contribution in [0.2, 0.25) is 0 Å². The summed E-state index contributed by atoms with van der Waals surface area (Å²) in [6, 6.07) is 1.88. The molecule has 2 aromatic heterocycles. The Morgan fingerprint density at radius 2 is 2.20 bits per heavy atom. The maximum absolute atomic E-state index is 12.7. The summed E-state index contributed by atoms with van der Waals surface area (Å²) in [6.07, 6.45) is 7.67. The van der Waals surface area contributed by atoms with E-state index in [-0.39, 0.29) is 18.6 Å². The molecule has 0 spiro atoms. The van der Waals surface area contributed by atoms with Crippen LogP contribution >= 0.6 is 0 Å². The number of esters is 1. The summed E-state index contributed by atoms with van der Waals surface area (Å²) in [5.74, 6) is 2.36. The van der Waals surface area contributed by atoms with E-state index in [2.05, 4.69) is 30.7 Å². The highest BCUT2D eigenvalue weighted by Gasteiger charge is 2.33. The number of rotatable bonds is 5. The van der Waals surface area contributed by atoms with Crippen LogP contribution in [0.4, 0.5) is 0 Å². The van der Waals surface area contributed by atoms with E-state index in [1.165, 1.54) is 6.42 Å². The van der Waals surface area contributed by atoms with Gasteiger partial charge in [-0.3, -0.25) is 9.78 Å². The molecular formula is C20H29N3O2. The molecule has 3 atom stereocenters. The van der Waals surface area contributed by atoms with Gasteiger partial charge >= 0.3 is 5.97 Å². The van der Waals surface area contributed by atoms with Gasteiger partial charge in [0.05, 0.1) is 17.2 Å². The van der Waals surface area contributed by atoms with Crippen LogP contribution < -0.4 is 0 Å². The van der Waals surface area contributed by atoms with Crippen molar-refractivity contribution in [3.63, 3.8) is 0 Å². The lowest BCUT2D eigenvalue weighted by molar-refractivity contribution is -0.156. The Labute approximate surface area is 149 Å². The maximum Gasteiger partial charge on any atom is 0.326 e. The van der Waals surface area contributed by atoms with Gasteiger partial charge in [-0.05, 0) is 36.7 Å². The van der Waals surface area contributed by atoms with E-state index >= 15 is 0 Å². The minimum atomic E-state index is -0.164. The Morgan fingerprint density at radius 3 is 2.92 bits per heavy atom. The van der Waals surface area contributed by atoms with E-state index in [9.17, 15) is 4.79 Å². The molecule has 2 aromatic rings. The Kier molecular flexibility index (Phi) is 5.40. The van der Waals surface area contributed by atoms with Crippen molar-refractivity contribution in [2.75, 3.05) is 0 Å². The highest BCUT2D eigenvalue weighted by molar-refractivity contribution is 5.78. The fourth-order valence-corrected chi connectivity index (χ4v) is 4.05. The van der Waals surface area contributed by atoms with Gasteiger partial charge < -0.3 is 9.30 Å². The molecule has 0 N–H and O–H groups in total. The Bertz CT molecular complexity index is 738. The van der Waals surface area contributed by atoms with Crippen molar-refractivity contribution in [1.29, 1.82) is 0 Å². The third kappa shape index (κ3) is 3.86. The summed E-state index contributed by atoms with van der Waals surface area (Å²) in [7, 11) is 0. The smallest absolute Gasteiger partial charge is 0.326 e. The van der Waals surface area contributed by atoms with Gasteiger partial charge in [0, 0.05) is 12.6 Å². The van der Waals surface area contributed by atoms with Crippen molar-refractivity contribution < 1.29 is 9.53 Å². The molecule has 136 valence electrons. The third-order valence-electron chi connectivity index (χ3n) is 5.48. The molecule has 0 aliphatic heterocycles. The molecule has 0 radical (unpaired) electrons. The van der Waals surface area contributed by atoms with Gasteiger partial charge in [0.1, 0.15) is 18.5 Å². The molecule has 2 heterocycles. The fraction of sp³-hybridized carbons (Fsp3) is 0.650. The van der Waals surface area contributed by atoms with Crippen molar-refractivity contribution in [3.8, 4) is 0 Å². The number of fused-ring (bicyclic) bond motifs is 1. The molecule has 0 unspecified atom stereocenters. The van der Waals surface area contributed by atoms with Crippen molar-refractivity contribution >= 4 is 17.0 Å². The van der Waals surface area contributed by atoms with Crippen LogP contribution in [0.3, 0.4) is 0 Å². The average Bonchev–Trinajstić information content (AvgIpc) is 2.92. The van der Waals surface area contributed by atoms with Crippen LogP contribution in [0.1, 0.15) is 52.8 Å². The summed E-state index contributed by atoms with van der Waals surface area (Å²) in [4.78, 5) is 21.5. The monoisotopic (exact) mass is 343 g/mol. The van der Waals surface area contributed by atoms with E-state index in [1.807, 2.05) is 17.6 Å². The summed E-state index contributed by atoms with van der Waals surface area (Å²) < 4.78 is 7.90. The molecule has 5 nitrogen and oxygen atoms in total. The van der Waals surface area contributed by atoms with Gasteiger partial charge in [0.15, 0.2) is 0 Å². The first-order valence-electron chi connectivity index (χ1n) is 9.48. The normalized spacial score (nSPS) is 24.0. The number of pyridine rings is 1. The summed E-state index contributed by atoms with van der Waals surface area (Å²) >= 11 is 0. The van der Waals surface area contributed by atoms with Gasteiger partial charge in [-0.2, -0.15) is 0 Å². The Hall–Kier alpha value is -1.91. The predicted octanol–water partition coefficient (Wildman–Crippen LogP) is 4.00. The first-order chi connectivity index (χ1) is 12.0. The molecule has 0 amide bonds. The van der Waals surface area contributed by atoms with Crippen LogP contribution in [-0.4, -0.2) is 26.6 Å². The number of hydrogen-bond acceptors (Lipinski definition) is 4. The van der Waals surface area contributed by atoms with Gasteiger partial charge in [0.2, 0.25) is 0 Å². The van der Waals surface area contributed by atoms with Crippen LogP contribution in [0.5, 0.6) is 0 Å². The first-order valence-corrected chi connectivity index (χ1v) is 9.48. The average molecular weight is 343 g/mol. The van der Waals surface area contributed by atoms with Crippen molar-refractivity contribution in [2.45, 2.75) is 66.0 Å². The Balaban J connectivity index is 1.76. The van der Waals surface area contributed by atoms with E-state index in [0.717, 1.165) is 36.1 Å². The Morgan fingerprint density at radius 1 is 1.40 bits per heavy atom. The van der Waals surface area contributed by atoms with Gasteiger partial charge in [0.25, 0.3) is 0 Å². The number of carbonyl (C=O) groups excluding carboxylic acids is 1. The van der Waals surface area contributed by atoms with Crippen LogP contribution in [0, 0.1) is 17.8 Å². The maximum atomic E-state index is 12.7. The lowest BCUT2D eigenvalue weighted by atomic mass is 9.75. The summed E-state index contributed by atoms with van der Waals surface area (Å²) in [5, 5.41) is 0. The van der Waals surface area contributed by atoms with Crippen molar-refractivity contribution in [3.05, 3.63) is 24.3 Å². The number of nitrogens with zero attached hydrogens (tertiary/aromatic N) is 3. The molecule has 0 bridgehead atoms. The zero-order chi connectivity index (χ0) is 18.0. The van der Waals surface area contributed by atoms with Crippen LogP contribution in [-0.2, 0) is 22.5 Å². The van der Waals surface area contributed by atoms with E-state index in [0.29, 0.717) is 17.8 Å². The molecule has 3 rings (SSSR count). The van der Waals surface area contributed by atoms with Gasteiger partial charge in [-0.15, -0.1) is 0 Å². The minimum absolute atomic E-state index is 0.0363. The summed E-state index contributed by atoms with van der Waals surface area (Å²) in [6.45, 7) is 8.97. The molecular weight excluding hydrogens is 314 g/mol. The first kappa shape index (κ1) is 17.9. The standard InChI is InChI=1S/C20H29N3O2/c1-5-19-22-16-8-9-21-11-17(16)23(19)12-20(24)25-18-10-14(4)6-7-15(18)13(2)3/h8-9,11,13-15,18H,5-7,10,12H2,1-4H3/t14-,15+,18-/m1/s1. The molecule has 5 heteroatoms. The number of imidazole rings is 1. The molecule has 0 saturated heterocycles. The second kappa shape index (κ2) is 7.54. The number of aromatic nitrogens is 3. The lowest BCUT2D eigenvalue weighted by Gasteiger charge is -2.36. The van der Waals surface area contributed by atoms with Crippen LogP contribution in [0.25, 0.3) is 11.0 Å². The van der Waals surface area contributed by atoms with Crippen molar-refractivity contribution in [1.82, 2.24) is 14.5 Å². The SMILES string of the molecule is CCc1nc2ccncc2n1CC(=O)O[C@@H]1C[C@H](C)CC[C@H]1C(C)C. The quantitative estimate of drug-likeness (QED) is 0.770. The zero-order valence-corrected chi connectivity index (χ0v) is 15.7. The highest BCUT2D eigenvalue weighted by atomic mass is 16.5. The zero-order valence-electron chi connectivity index (χ0n) is 15.7. The van der Waals surface area contributed by atoms with Crippen molar-refractivity contribution in [2.24, 2.45) is 17.8 Å². The minimum Gasteiger partial charge on any atom is -0.461 e. The highest BCUT2D eigenvalue weighted by Crippen LogP contribution is 2.35. The topological polar surface area (TPSA) is 57.0 Å². The third-order valence-corrected chi connectivity index (χ3v) is 5.48. The van der Waals surface area contributed by atoms with Crippen LogP contribution in [0.15, 0.2) is 18.5 Å². The van der Waals surface area contributed by atoms with Gasteiger partial charge in [-0.25, -0.2) is 4.98 Å².